The van der Waals surface area contributed by atoms with Gasteiger partial charge in [0.25, 0.3) is 11.2 Å². The molecule has 6 rings (SSSR count). The van der Waals surface area contributed by atoms with Gasteiger partial charge in [0.1, 0.15) is 30.2 Å². The van der Waals surface area contributed by atoms with Crippen LogP contribution in [-0.4, -0.2) is 188 Å². The molecular formula is C43H52F24N2O15. The summed E-state index contributed by atoms with van der Waals surface area (Å²) in [5.41, 5.74) is -11.8. The maximum Gasteiger partial charge on any atom is 0.453 e. The molecule has 0 radical (unpaired) electrons. The number of carbonyl (C=O) groups is 3. The van der Waals surface area contributed by atoms with Crippen LogP contribution in [-0.2, 0) is 52.2 Å². The summed E-state index contributed by atoms with van der Waals surface area (Å²) < 4.78 is 356. The number of ketones is 1. The summed E-state index contributed by atoms with van der Waals surface area (Å²) in [4.78, 5) is 35.5. The number of methoxy groups -OCH3 is 2. The number of Topliss-reactive ketones (excluding diaryl/α,β-unsaturated/α-hetero) is 1. The van der Waals surface area contributed by atoms with Crippen LogP contribution < -0.4 is 10.6 Å². The number of alkyl carbamates (subject to hydrolysis) is 2. The van der Waals surface area contributed by atoms with Gasteiger partial charge in [0.15, 0.2) is 24.8 Å². The standard InChI is InChI=1S/2C17H23F6NO6.C9H6F12O3/c2*1-8-10-11(30-15(29-10,16(18,19)20)17(21,22)23)12(13(26-2)27-8)28-14(25)24-9-6-4-3-5-7-9;10-6(11,12)4(23,7(13,14)15)1-3(22)2-5(24,8(16,17)18)9(19,20)21/h2*8-13H,3-7H2,1-2H3,(H,24,25);23-24H,1-2H2/t2*8-,10-,11-,12+,13+;/m00./s1. The lowest BCUT2D eigenvalue weighted by molar-refractivity contribution is -0.447. The molecule has 0 bridgehead atoms. The summed E-state index contributed by atoms with van der Waals surface area (Å²) in [6, 6.07) is -0.395. The van der Waals surface area contributed by atoms with E-state index >= 15 is 0 Å². The molecule has 0 spiro atoms. The van der Waals surface area contributed by atoms with Gasteiger partial charge in [-0.25, -0.2) is 9.59 Å². The molecule has 0 unspecified atom stereocenters. The van der Waals surface area contributed by atoms with Crippen LogP contribution in [0.3, 0.4) is 0 Å². The topological polar surface area (TPSA) is 208 Å². The zero-order chi connectivity index (χ0) is 64.6. The van der Waals surface area contributed by atoms with Gasteiger partial charge in [-0.1, -0.05) is 38.5 Å². The van der Waals surface area contributed by atoms with E-state index in [9.17, 15) is 120 Å². The van der Waals surface area contributed by atoms with Crippen LogP contribution in [0.15, 0.2) is 0 Å². The summed E-state index contributed by atoms with van der Waals surface area (Å²) in [7, 11) is 2.23. The van der Waals surface area contributed by atoms with Crippen LogP contribution in [0.2, 0.25) is 0 Å². The predicted molar refractivity (Wildman–Crippen MR) is 221 cm³/mol. The molecule has 41 heteroatoms. The second-order valence-corrected chi connectivity index (χ2v) is 19.7. The summed E-state index contributed by atoms with van der Waals surface area (Å²) >= 11 is 0. The van der Waals surface area contributed by atoms with Crippen molar-refractivity contribution >= 4 is 18.0 Å². The lowest BCUT2D eigenvalue weighted by Crippen LogP contribution is -2.61. The molecule has 4 N–H and O–H groups in total. The van der Waals surface area contributed by atoms with E-state index in [4.69, 9.17) is 38.6 Å². The first kappa shape index (κ1) is 72.6. The van der Waals surface area contributed by atoms with E-state index in [-0.39, 0.29) is 12.1 Å². The number of fused-ring (bicyclic) bond motifs is 2. The molecule has 10 atom stereocenters. The molecule has 6 aliphatic rings. The normalized spacial score (nSPS) is 29.5. The molecule has 0 aromatic rings. The fourth-order valence-electron chi connectivity index (χ4n) is 9.35. The number of nitrogens with one attached hydrogen (secondary N) is 2. The Morgan fingerprint density at radius 3 is 0.917 bits per heavy atom. The maximum absolute atomic E-state index is 13.4. The van der Waals surface area contributed by atoms with E-state index in [0.717, 1.165) is 52.7 Å². The van der Waals surface area contributed by atoms with Gasteiger partial charge in [-0.15, -0.1) is 0 Å². The van der Waals surface area contributed by atoms with Crippen molar-refractivity contribution < 1.29 is 177 Å². The first-order valence-electron chi connectivity index (χ1n) is 24.4. The van der Waals surface area contributed by atoms with Crippen LogP contribution in [0, 0.1) is 0 Å². The molecule has 0 aromatic heterocycles. The Morgan fingerprint density at radius 1 is 0.440 bits per heavy atom. The Hall–Kier alpha value is -3.87. The van der Waals surface area contributed by atoms with Crippen molar-refractivity contribution in [1.29, 1.82) is 0 Å². The number of aliphatic hydroxyl groups is 2. The first-order chi connectivity index (χ1) is 37.9. The van der Waals surface area contributed by atoms with E-state index in [1.165, 1.54) is 13.8 Å². The quantitative estimate of drug-likeness (QED) is 0.150. The van der Waals surface area contributed by atoms with Crippen LogP contribution in [0.5, 0.6) is 0 Å². The monoisotopic (exact) mass is 1290 g/mol. The van der Waals surface area contributed by atoms with E-state index in [2.05, 4.69) is 29.6 Å². The summed E-state index contributed by atoms with van der Waals surface area (Å²) in [5, 5.41) is 22.2. The Morgan fingerprint density at radius 2 is 0.690 bits per heavy atom. The molecule has 492 valence electrons. The van der Waals surface area contributed by atoms with Crippen molar-refractivity contribution in [1.82, 2.24) is 10.6 Å². The number of ether oxygens (including phenoxy) is 10. The Balaban J connectivity index is 0.000000273. The molecule has 2 aliphatic carbocycles. The van der Waals surface area contributed by atoms with Crippen molar-refractivity contribution in [3.63, 3.8) is 0 Å². The fourth-order valence-corrected chi connectivity index (χ4v) is 9.35. The molecular weight excluding hydrogens is 1240 g/mol. The smallest absolute Gasteiger partial charge is 0.438 e. The fraction of sp³-hybridized carbons (Fsp3) is 0.930. The van der Waals surface area contributed by atoms with Crippen molar-refractivity contribution in [2.45, 2.75) is 237 Å². The highest BCUT2D eigenvalue weighted by Gasteiger charge is 2.82. The third kappa shape index (κ3) is 15.3. The number of hydrogen-bond donors (Lipinski definition) is 4. The Labute approximate surface area is 456 Å². The molecule has 4 heterocycles. The van der Waals surface area contributed by atoms with Crippen molar-refractivity contribution in [2.75, 3.05) is 14.2 Å². The molecule has 84 heavy (non-hydrogen) atoms. The zero-order valence-electron chi connectivity index (χ0n) is 43.2. The highest BCUT2D eigenvalue weighted by molar-refractivity contribution is 5.81. The van der Waals surface area contributed by atoms with E-state index in [1.54, 1.807) is 0 Å². The molecule has 0 aromatic carbocycles. The Kier molecular flexibility index (Phi) is 22.2. The van der Waals surface area contributed by atoms with Gasteiger partial charge < -0.3 is 68.2 Å². The molecule has 2 amide bonds. The highest BCUT2D eigenvalue weighted by Crippen LogP contribution is 2.56. The van der Waals surface area contributed by atoms with Crippen LogP contribution in [0.25, 0.3) is 0 Å². The van der Waals surface area contributed by atoms with Gasteiger partial charge in [-0.2, -0.15) is 105 Å². The largest absolute Gasteiger partial charge is 0.453 e. The Bertz CT molecular complexity index is 1990. The van der Waals surface area contributed by atoms with Gasteiger partial charge in [-0.3, -0.25) is 4.79 Å². The minimum absolute atomic E-state index is 0.198. The molecule has 2 saturated carbocycles. The average molecular weight is 1290 g/mol. The summed E-state index contributed by atoms with van der Waals surface area (Å²) in [5.74, 6) is -12.7. The van der Waals surface area contributed by atoms with Crippen molar-refractivity contribution in [2.24, 2.45) is 0 Å². The first-order valence-corrected chi connectivity index (χ1v) is 24.4. The number of hydrogen-bond acceptors (Lipinski definition) is 15. The summed E-state index contributed by atoms with van der Waals surface area (Å²) in [6.45, 7) is 2.43. The van der Waals surface area contributed by atoms with Crippen molar-refractivity contribution in [3.05, 3.63) is 0 Å². The van der Waals surface area contributed by atoms with Gasteiger partial charge in [0.05, 0.1) is 25.0 Å². The number of amides is 2. The van der Waals surface area contributed by atoms with Crippen molar-refractivity contribution in [3.8, 4) is 0 Å². The molecule has 6 fully saturated rings. The van der Waals surface area contributed by atoms with Gasteiger partial charge in [0.2, 0.25) is 0 Å². The maximum atomic E-state index is 13.4. The highest BCUT2D eigenvalue weighted by atomic mass is 19.4. The SMILES string of the molecule is CO[C@@H]1O[C@@H](C)[C@@H]2OC(C(F)(F)F)(C(F)(F)F)O[C@@H]2[C@H]1OC(=O)NC1CCCCC1.CO[C@@H]1O[C@@H](C)[C@@H]2OC(C(F)(F)F)(C(F)(F)F)O[C@@H]2[C@H]1OC(=O)NC1CCCCC1.O=C(CC(O)(C(F)(F)F)C(F)(F)F)CC(O)(C(F)(F)F)C(F)(F)F. The van der Waals surface area contributed by atoms with Gasteiger partial charge in [0, 0.05) is 26.3 Å². The van der Waals surface area contributed by atoms with E-state index in [1.807, 2.05) is 0 Å². The third-order valence-electron chi connectivity index (χ3n) is 13.7. The van der Waals surface area contributed by atoms with Crippen LogP contribution >= 0.6 is 0 Å². The number of carbonyl (C=O) groups excluding carboxylic acids is 3. The minimum atomic E-state index is -6.63. The molecule has 4 saturated heterocycles. The summed E-state index contributed by atoms with van der Waals surface area (Å²) in [6.07, 6.45) is -66.6. The molecule has 4 aliphatic heterocycles. The van der Waals surface area contributed by atoms with Crippen LogP contribution in [0.1, 0.15) is 90.9 Å². The zero-order valence-corrected chi connectivity index (χ0v) is 43.2. The average Bonchev–Trinajstić information content (AvgIpc) is 1.70. The van der Waals surface area contributed by atoms with Gasteiger partial charge >= 0.3 is 73.2 Å². The number of alkyl halides is 24. The van der Waals surface area contributed by atoms with E-state index < -0.39 is 164 Å². The lowest BCUT2D eigenvalue weighted by atomic mass is 9.88. The van der Waals surface area contributed by atoms with E-state index in [0.29, 0.717) is 25.7 Å². The lowest BCUT2D eigenvalue weighted by Gasteiger charge is -2.39. The number of halogens is 24. The molecule has 17 nitrogen and oxygen atoms in total. The number of rotatable bonds is 10. The minimum Gasteiger partial charge on any atom is -0.438 e. The third-order valence-corrected chi connectivity index (χ3v) is 13.7. The second-order valence-electron chi connectivity index (χ2n) is 19.7. The second kappa shape index (κ2) is 25.7. The van der Waals surface area contributed by atoms with Crippen LogP contribution in [0.4, 0.5) is 115 Å². The predicted octanol–water partition coefficient (Wildman–Crippen LogP) is 9.87. The van der Waals surface area contributed by atoms with Gasteiger partial charge in [-0.05, 0) is 39.5 Å².